The van der Waals surface area contributed by atoms with Crippen molar-refractivity contribution in [3.8, 4) is 5.75 Å². The fraction of sp³-hybridized carbons (Fsp3) is 0.364. The molecule has 2 aromatic carbocycles. The fourth-order valence-electron chi connectivity index (χ4n) is 3.88. The maximum Gasteiger partial charge on any atom is 0.256 e. The zero-order valence-corrected chi connectivity index (χ0v) is 16.6. The van der Waals surface area contributed by atoms with E-state index in [4.69, 9.17) is 16.3 Å². The number of carbonyl (C=O) groups is 2. The molecule has 4 rings (SSSR count). The molecule has 2 amide bonds. The average Bonchev–Trinajstić information content (AvgIpc) is 2.73. The van der Waals surface area contributed by atoms with Gasteiger partial charge in [0.15, 0.2) is 0 Å². The Morgan fingerprint density at radius 1 is 1.14 bits per heavy atom. The van der Waals surface area contributed by atoms with Crippen molar-refractivity contribution in [1.29, 1.82) is 0 Å². The number of likely N-dealkylation sites (tertiary alicyclic amines) is 1. The van der Waals surface area contributed by atoms with E-state index in [1.165, 1.54) is 12.1 Å². The number of amides is 2. The third-order valence-corrected chi connectivity index (χ3v) is 5.77. The van der Waals surface area contributed by atoms with E-state index in [9.17, 15) is 14.0 Å². The summed E-state index contributed by atoms with van der Waals surface area (Å²) in [6, 6.07) is 11.4. The number of carbonyl (C=O) groups excluding carboxylic acids is 2. The third kappa shape index (κ3) is 4.37. The van der Waals surface area contributed by atoms with Crippen LogP contribution in [0, 0.1) is 11.7 Å². The maximum atomic E-state index is 13.9. The van der Waals surface area contributed by atoms with Crippen molar-refractivity contribution in [2.45, 2.75) is 25.3 Å². The van der Waals surface area contributed by atoms with E-state index in [0.29, 0.717) is 44.0 Å². The predicted octanol–water partition coefficient (Wildman–Crippen LogP) is 3.45. The molecule has 2 aliphatic rings. The standard InChI is InChI=1S/C22H22ClFN2O3/c23-16-5-6-20-14(12-16)11-15(13-29-20)21(27)25-17-7-9-26(10-8-17)22(28)18-3-1-2-4-19(18)24/h1-6,12,15,17H,7-11,13H2,(H,25,27). The molecule has 1 fully saturated rings. The van der Waals surface area contributed by atoms with Crippen LogP contribution in [0.25, 0.3) is 0 Å². The second-order valence-electron chi connectivity index (χ2n) is 7.52. The lowest BCUT2D eigenvalue weighted by Crippen LogP contribution is -2.49. The van der Waals surface area contributed by atoms with Crippen LogP contribution in [0.1, 0.15) is 28.8 Å². The summed E-state index contributed by atoms with van der Waals surface area (Å²) in [5, 5.41) is 3.71. The first kappa shape index (κ1) is 19.7. The van der Waals surface area contributed by atoms with Crippen LogP contribution in [0.3, 0.4) is 0 Å². The first-order valence-electron chi connectivity index (χ1n) is 9.76. The molecule has 0 aromatic heterocycles. The molecule has 0 bridgehead atoms. The first-order valence-corrected chi connectivity index (χ1v) is 10.1. The summed E-state index contributed by atoms with van der Waals surface area (Å²) >= 11 is 6.04. The molecule has 1 saturated heterocycles. The highest BCUT2D eigenvalue weighted by molar-refractivity contribution is 6.30. The van der Waals surface area contributed by atoms with Crippen molar-refractivity contribution in [2.75, 3.05) is 19.7 Å². The zero-order valence-electron chi connectivity index (χ0n) is 15.9. The van der Waals surface area contributed by atoms with Crippen molar-refractivity contribution < 1.29 is 18.7 Å². The molecule has 2 aliphatic heterocycles. The fourth-order valence-corrected chi connectivity index (χ4v) is 4.08. The molecule has 0 radical (unpaired) electrons. The predicted molar refractivity (Wildman–Crippen MR) is 108 cm³/mol. The van der Waals surface area contributed by atoms with Crippen LogP contribution >= 0.6 is 11.6 Å². The van der Waals surface area contributed by atoms with E-state index < -0.39 is 5.82 Å². The van der Waals surface area contributed by atoms with Gasteiger partial charge >= 0.3 is 0 Å². The Morgan fingerprint density at radius 2 is 1.90 bits per heavy atom. The molecule has 2 aromatic rings. The lowest BCUT2D eigenvalue weighted by atomic mass is 9.95. The molecule has 29 heavy (non-hydrogen) atoms. The molecule has 2 heterocycles. The molecular formula is C22H22ClFN2O3. The first-order chi connectivity index (χ1) is 14.0. The van der Waals surface area contributed by atoms with E-state index >= 15 is 0 Å². The van der Waals surface area contributed by atoms with E-state index in [2.05, 4.69) is 5.32 Å². The molecule has 7 heteroatoms. The van der Waals surface area contributed by atoms with Crippen LogP contribution in [0.5, 0.6) is 5.75 Å². The van der Waals surface area contributed by atoms with E-state index in [1.807, 2.05) is 12.1 Å². The van der Waals surface area contributed by atoms with Crippen LogP contribution in [-0.4, -0.2) is 42.5 Å². The molecule has 1 N–H and O–H groups in total. The molecule has 1 unspecified atom stereocenters. The molecule has 152 valence electrons. The summed E-state index contributed by atoms with van der Waals surface area (Å²) in [6.45, 7) is 1.31. The van der Waals surface area contributed by atoms with E-state index in [0.717, 1.165) is 11.3 Å². The van der Waals surface area contributed by atoms with Crippen molar-refractivity contribution in [1.82, 2.24) is 10.2 Å². The van der Waals surface area contributed by atoms with E-state index in [-0.39, 0.29) is 29.3 Å². The Labute approximate surface area is 173 Å². The van der Waals surface area contributed by atoms with Gasteiger partial charge in [-0.1, -0.05) is 23.7 Å². The van der Waals surface area contributed by atoms with Crippen molar-refractivity contribution in [2.24, 2.45) is 5.92 Å². The van der Waals surface area contributed by atoms with Gasteiger partial charge in [-0.15, -0.1) is 0 Å². The number of hydrogen-bond donors (Lipinski definition) is 1. The van der Waals surface area contributed by atoms with Gasteiger partial charge < -0.3 is 15.0 Å². The maximum absolute atomic E-state index is 13.9. The molecule has 0 aliphatic carbocycles. The number of hydrogen-bond acceptors (Lipinski definition) is 3. The monoisotopic (exact) mass is 416 g/mol. The van der Waals surface area contributed by atoms with Gasteiger partial charge in [-0.3, -0.25) is 9.59 Å². The van der Waals surface area contributed by atoms with Gasteiger partial charge in [0.05, 0.1) is 11.5 Å². The molecule has 0 spiro atoms. The normalized spacial score (nSPS) is 19.2. The number of fused-ring (bicyclic) bond motifs is 1. The topological polar surface area (TPSA) is 58.6 Å². The van der Waals surface area contributed by atoms with Gasteiger partial charge in [0.1, 0.15) is 18.2 Å². The van der Waals surface area contributed by atoms with Crippen LogP contribution in [0.15, 0.2) is 42.5 Å². The van der Waals surface area contributed by atoms with Crippen LogP contribution in [-0.2, 0) is 11.2 Å². The number of benzene rings is 2. The zero-order chi connectivity index (χ0) is 20.4. The smallest absolute Gasteiger partial charge is 0.256 e. The quantitative estimate of drug-likeness (QED) is 0.833. The minimum absolute atomic E-state index is 0.00655. The van der Waals surface area contributed by atoms with Crippen LogP contribution in [0.4, 0.5) is 4.39 Å². The summed E-state index contributed by atoms with van der Waals surface area (Å²) in [4.78, 5) is 26.8. The summed E-state index contributed by atoms with van der Waals surface area (Å²) in [5.74, 6) is -0.348. The van der Waals surface area contributed by atoms with E-state index in [1.54, 1.807) is 23.1 Å². The Hall–Kier alpha value is -2.60. The number of nitrogens with zero attached hydrogens (tertiary/aromatic N) is 1. The second-order valence-corrected chi connectivity index (χ2v) is 7.96. The largest absolute Gasteiger partial charge is 0.492 e. The number of nitrogens with one attached hydrogen (secondary N) is 1. The molecule has 1 atom stereocenters. The van der Waals surface area contributed by atoms with Crippen LogP contribution in [0.2, 0.25) is 5.02 Å². The minimum Gasteiger partial charge on any atom is -0.492 e. The van der Waals surface area contributed by atoms with Crippen molar-refractivity contribution in [3.63, 3.8) is 0 Å². The molecular weight excluding hydrogens is 395 g/mol. The number of ether oxygens (including phenoxy) is 1. The minimum atomic E-state index is -0.509. The van der Waals surface area contributed by atoms with Crippen molar-refractivity contribution in [3.05, 3.63) is 64.4 Å². The number of rotatable bonds is 3. The number of halogens is 2. The lowest BCUT2D eigenvalue weighted by molar-refractivity contribution is -0.127. The van der Waals surface area contributed by atoms with Gasteiger partial charge in [0, 0.05) is 24.2 Å². The van der Waals surface area contributed by atoms with Crippen LogP contribution < -0.4 is 10.1 Å². The van der Waals surface area contributed by atoms with Gasteiger partial charge in [-0.2, -0.15) is 0 Å². The Balaban J connectivity index is 1.30. The number of piperidine rings is 1. The van der Waals surface area contributed by atoms with Gasteiger partial charge in [-0.05, 0) is 55.2 Å². The Morgan fingerprint density at radius 3 is 2.66 bits per heavy atom. The second kappa shape index (κ2) is 8.41. The summed E-state index contributed by atoms with van der Waals surface area (Å²) in [7, 11) is 0. The molecule has 0 saturated carbocycles. The third-order valence-electron chi connectivity index (χ3n) is 5.53. The lowest BCUT2D eigenvalue weighted by Gasteiger charge is -2.33. The highest BCUT2D eigenvalue weighted by atomic mass is 35.5. The average molecular weight is 417 g/mol. The highest BCUT2D eigenvalue weighted by Crippen LogP contribution is 2.30. The van der Waals surface area contributed by atoms with Crippen molar-refractivity contribution >= 4 is 23.4 Å². The summed E-state index contributed by atoms with van der Waals surface area (Å²) in [6.07, 6.45) is 1.87. The highest BCUT2D eigenvalue weighted by Gasteiger charge is 2.30. The summed E-state index contributed by atoms with van der Waals surface area (Å²) < 4.78 is 19.6. The van der Waals surface area contributed by atoms with Gasteiger partial charge in [0.2, 0.25) is 5.91 Å². The SMILES string of the molecule is O=C(NC1CCN(C(=O)c2ccccc2F)CC1)C1COc2ccc(Cl)cc2C1. The molecule has 5 nitrogen and oxygen atoms in total. The van der Waals surface area contributed by atoms with Gasteiger partial charge in [-0.25, -0.2) is 4.39 Å². The summed E-state index contributed by atoms with van der Waals surface area (Å²) in [5.41, 5.74) is 1.03. The Kier molecular flexibility index (Phi) is 5.72. The van der Waals surface area contributed by atoms with Gasteiger partial charge in [0.25, 0.3) is 5.91 Å². The Bertz CT molecular complexity index is 928.